The zero-order valence-corrected chi connectivity index (χ0v) is 24.0. The van der Waals surface area contributed by atoms with E-state index in [0.717, 1.165) is 19.8 Å². The van der Waals surface area contributed by atoms with E-state index < -0.39 is 6.04 Å². The van der Waals surface area contributed by atoms with Gasteiger partial charge >= 0.3 is 5.97 Å². The third-order valence-electron chi connectivity index (χ3n) is 4.25. The molecule has 0 bridgehead atoms. The van der Waals surface area contributed by atoms with Crippen molar-refractivity contribution in [1.29, 1.82) is 0 Å². The maximum atomic E-state index is 12.3. The summed E-state index contributed by atoms with van der Waals surface area (Å²) in [5.74, 6) is 0.595. The zero-order chi connectivity index (χ0) is 21.5. The van der Waals surface area contributed by atoms with Crippen LogP contribution in [0.15, 0.2) is 22.7 Å². The van der Waals surface area contributed by atoms with Gasteiger partial charge in [-0.15, -0.1) is 10.2 Å². The van der Waals surface area contributed by atoms with Crippen molar-refractivity contribution >= 4 is 96.3 Å². The molecule has 1 atom stereocenters. The Morgan fingerprint density at radius 3 is 2.24 bits per heavy atom. The summed E-state index contributed by atoms with van der Waals surface area (Å²) in [6.07, 6.45) is 1.81. The van der Waals surface area contributed by atoms with E-state index in [-0.39, 0.29) is 17.6 Å². The van der Waals surface area contributed by atoms with Crippen LogP contribution in [-0.2, 0) is 9.53 Å². The number of benzene rings is 1. The number of phenols is 1. The lowest BCUT2D eigenvalue weighted by atomic mass is 10.0. The number of ether oxygens (including phenoxy) is 1. The van der Waals surface area contributed by atoms with E-state index in [0.29, 0.717) is 17.5 Å². The fourth-order valence-corrected chi connectivity index (χ4v) is 6.50. The first-order valence-electron chi connectivity index (χ1n) is 8.32. The van der Waals surface area contributed by atoms with E-state index in [1.165, 1.54) is 7.11 Å². The summed E-state index contributed by atoms with van der Waals surface area (Å²) in [6, 6.07) is 3.16. The molecule has 29 heavy (non-hydrogen) atoms. The molecular weight excluding hydrogens is 830 g/mol. The van der Waals surface area contributed by atoms with Crippen molar-refractivity contribution in [2.24, 2.45) is 5.92 Å². The van der Waals surface area contributed by atoms with E-state index in [2.05, 4.69) is 101 Å². The van der Waals surface area contributed by atoms with Crippen molar-refractivity contribution in [1.82, 2.24) is 14.8 Å². The van der Waals surface area contributed by atoms with Gasteiger partial charge in [0.05, 0.1) is 19.8 Å². The topological polar surface area (TPSA) is 90.4 Å². The predicted molar refractivity (Wildman–Crippen MR) is 142 cm³/mol. The Morgan fingerprint density at radius 2 is 1.69 bits per heavy atom. The molecular formula is C18H15I4N3O4. The van der Waals surface area contributed by atoms with Gasteiger partial charge in [0, 0.05) is 13.3 Å². The summed E-state index contributed by atoms with van der Waals surface area (Å²) < 4.78 is 15.9. The van der Waals surface area contributed by atoms with Crippen LogP contribution >= 0.6 is 90.4 Å². The monoisotopic (exact) mass is 845 g/mol. The molecule has 2 heterocycles. The van der Waals surface area contributed by atoms with Gasteiger partial charge in [-0.1, -0.05) is 13.8 Å². The number of nitrogens with zero attached hydrogens (tertiary/aromatic N) is 3. The van der Waals surface area contributed by atoms with Gasteiger partial charge in [-0.3, -0.25) is 0 Å². The smallest absolute Gasteiger partial charge is 0.329 e. The molecule has 7 nitrogen and oxygen atoms in total. The molecule has 0 aliphatic heterocycles. The Hall–Kier alpha value is -0.170. The molecule has 0 radical (unpaired) electrons. The predicted octanol–water partition coefficient (Wildman–Crippen LogP) is 5.70. The summed E-state index contributed by atoms with van der Waals surface area (Å²) in [7, 11) is 1.38. The molecule has 11 heteroatoms. The summed E-state index contributed by atoms with van der Waals surface area (Å²) >= 11 is 8.54. The summed E-state index contributed by atoms with van der Waals surface area (Å²) in [5.41, 5.74) is 1.42. The fourth-order valence-electron chi connectivity index (χ4n) is 2.88. The zero-order valence-electron chi connectivity index (χ0n) is 15.4. The normalized spacial score (nSPS) is 12.4. The van der Waals surface area contributed by atoms with Crippen molar-refractivity contribution in [2.75, 3.05) is 7.11 Å². The Balaban J connectivity index is 2.11. The Kier molecular flexibility index (Phi) is 7.73. The number of esters is 1. The van der Waals surface area contributed by atoms with E-state index in [9.17, 15) is 9.90 Å². The highest BCUT2D eigenvalue weighted by atomic mass is 127. The average Bonchev–Trinajstić information content (AvgIpc) is 3.34. The van der Waals surface area contributed by atoms with Crippen molar-refractivity contribution in [3.8, 4) is 28.8 Å². The molecule has 3 rings (SSSR count). The van der Waals surface area contributed by atoms with Gasteiger partial charge in [0.1, 0.15) is 17.5 Å². The van der Waals surface area contributed by atoms with Crippen molar-refractivity contribution < 1.29 is 19.1 Å². The Bertz CT molecular complexity index is 1050. The first kappa shape index (κ1) is 23.5. The highest BCUT2D eigenvalue weighted by molar-refractivity contribution is 14.1. The molecule has 0 aliphatic rings. The van der Waals surface area contributed by atoms with Gasteiger partial charge < -0.3 is 18.8 Å². The number of hydrogen-bond acceptors (Lipinski definition) is 6. The first-order chi connectivity index (χ1) is 13.7. The van der Waals surface area contributed by atoms with Crippen molar-refractivity contribution in [3.63, 3.8) is 0 Å². The van der Waals surface area contributed by atoms with Crippen LogP contribution in [0.25, 0.3) is 23.0 Å². The quantitative estimate of drug-likeness (QED) is 0.202. The van der Waals surface area contributed by atoms with Crippen LogP contribution in [0, 0.1) is 20.2 Å². The Labute approximate surface area is 221 Å². The van der Waals surface area contributed by atoms with Crippen LogP contribution < -0.4 is 0 Å². The Morgan fingerprint density at radius 1 is 1.10 bits per heavy atom. The summed E-state index contributed by atoms with van der Waals surface area (Å²) in [5, 5.41) is 18.7. The van der Waals surface area contributed by atoms with Crippen LogP contribution in [0.2, 0.25) is 0 Å². The maximum absolute atomic E-state index is 12.3. The van der Waals surface area contributed by atoms with Gasteiger partial charge in [0.2, 0.25) is 5.89 Å². The van der Waals surface area contributed by atoms with Gasteiger partial charge in [-0.05, 0) is 108 Å². The highest BCUT2D eigenvalue weighted by Gasteiger charge is 2.29. The lowest BCUT2D eigenvalue weighted by Gasteiger charge is -2.21. The van der Waals surface area contributed by atoms with Crippen LogP contribution in [-0.4, -0.2) is 33.0 Å². The molecule has 0 fully saturated rings. The lowest BCUT2D eigenvalue weighted by Crippen LogP contribution is -2.25. The second-order valence-electron chi connectivity index (χ2n) is 6.40. The number of hydrogen-bond donors (Lipinski definition) is 1. The number of aromatic hydroxyl groups is 1. The number of methoxy groups -OCH3 is 1. The second-order valence-corrected chi connectivity index (χ2v) is 10.7. The van der Waals surface area contributed by atoms with Gasteiger partial charge in [0.15, 0.2) is 0 Å². The minimum absolute atomic E-state index is 0.0122. The largest absolute Gasteiger partial charge is 0.506 e. The molecule has 0 saturated heterocycles. The standard InChI is InChI=1S/C18H15I4N3O4/c1-7(2)14(18(27)28-3)25-6-4-5-8(25)16-23-24-17(29-16)9-10(19)12(21)15(26)13(22)11(9)20/h4-7,14,26H,1-3H3/t14-/m0/s1. The van der Waals surface area contributed by atoms with Crippen LogP contribution in [0.1, 0.15) is 19.9 Å². The highest BCUT2D eigenvalue weighted by Crippen LogP contribution is 2.41. The van der Waals surface area contributed by atoms with E-state index in [1.807, 2.05) is 26.0 Å². The molecule has 0 saturated carbocycles. The lowest BCUT2D eigenvalue weighted by molar-refractivity contribution is -0.145. The third kappa shape index (κ3) is 4.42. The SMILES string of the molecule is COC(=O)[C@H](C(C)C)n1cccc1-c1nnc(-c2c(I)c(I)c(O)c(I)c2I)o1. The first-order valence-corrected chi connectivity index (χ1v) is 12.6. The average molecular weight is 845 g/mol. The van der Waals surface area contributed by atoms with Gasteiger partial charge in [-0.2, -0.15) is 0 Å². The summed E-state index contributed by atoms with van der Waals surface area (Å²) in [4.78, 5) is 12.3. The third-order valence-corrected chi connectivity index (χ3v) is 10.6. The molecule has 1 aromatic carbocycles. The molecule has 0 aliphatic carbocycles. The van der Waals surface area contributed by atoms with E-state index in [1.54, 1.807) is 10.8 Å². The molecule has 0 spiro atoms. The van der Waals surface area contributed by atoms with Crippen LogP contribution in [0.5, 0.6) is 5.75 Å². The second kappa shape index (κ2) is 9.54. The number of carbonyl (C=O) groups excluding carboxylic acids is 1. The van der Waals surface area contributed by atoms with E-state index >= 15 is 0 Å². The van der Waals surface area contributed by atoms with Gasteiger partial charge in [-0.25, -0.2) is 4.79 Å². The molecule has 3 aromatic rings. The van der Waals surface area contributed by atoms with Gasteiger partial charge in [0.25, 0.3) is 5.89 Å². The maximum Gasteiger partial charge on any atom is 0.329 e. The fraction of sp³-hybridized carbons (Fsp3) is 0.278. The molecule has 1 N–H and O–H groups in total. The molecule has 154 valence electrons. The van der Waals surface area contributed by atoms with E-state index in [4.69, 9.17) is 9.15 Å². The molecule has 0 amide bonds. The minimum Gasteiger partial charge on any atom is -0.506 e. The van der Waals surface area contributed by atoms with Crippen molar-refractivity contribution in [2.45, 2.75) is 19.9 Å². The number of carbonyl (C=O) groups is 1. The number of phenolic OH excluding ortho intramolecular Hbond substituents is 1. The number of aromatic nitrogens is 3. The van der Waals surface area contributed by atoms with Crippen LogP contribution in [0.4, 0.5) is 0 Å². The molecule has 0 unspecified atom stereocenters. The van der Waals surface area contributed by atoms with Crippen LogP contribution in [0.3, 0.4) is 0 Å². The molecule has 2 aromatic heterocycles. The number of rotatable bonds is 5. The summed E-state index contributed by atoms with van der Waals surface area (Å²) in [6.45, 7) is 3.91. The minimum atomic E-state index is -0.504. The number of halogens is 4. The van der Waals surface area contributed by atoms with Crippen molar-refractivity contribution in [3.05, 3.63) is 32.6 Å².